The van der Waals surface area contributed by atoms with Gasteiger partial charge in [0.25, 0.3) is 0 Å². The zero-order valence-electron chi connectivity index (χ0n) is 32.6. The number of nitrogens with two attached hydrogens (primary N) is 1. The number of rotatable bonds is 40. The van der Waals surface area contributed by atoms with Gasteiger partial charge in [-0.05, 0) is 64.2 Å². The van der Waals surface area contributed by atoms with Crippen molar-refractivity contribution in [1.29, 1.82) is 0 Å². The number of carbonyl (C=O) groups excluding carboxylic acids is 1. The van der Waals surface area contributed by atoms with Gasteiger partial charge in [0.05, 0.1) is 19.8 Å². The predicted molar refractivity (Wildman–Crippen MR) is 210 cm³/mol. The second-order valence-electron chi connectivity index (χ2n) is 13.8. The number of ether oxygens (including phenoxy) is 2. The summed E-state index contributed by atoms with van der Waals surface area (Å²) in [4.78, 5) is 22.4. The van der Waals surface area contributed by atoms with Gasteiger partial charge >= 0.3 is 13.8 Å². The molecule has 0 aromatic rings. The molecule has 8 nitrogen and oxygen atoms in total. The molecule has 0 aromatic carbocycles. The first-order chi connectivity index (χ1) is 24.4. The Kier molecular flexibility index (Phi) is 38.4. The Morgan fingerprint density at radius 2 is 1.00 bits per heavy atom. The lowest BCUT2D eigenvalue weighted by Crippen LogP contribution is -2.28. The van der Waals surface area contributed by atoms with Gasteiger partial charge < -0.3 is 20.1 Å². The van der Waals surface area contributed by atoms with Gasteiger partial charge in [-0.3, -0.25) is 13.8 Å². The maximum absolute atomic E-state index is 12.5. The molecular formula is C41H80NO7P. The van der Waals surface area contributed by atoms with Crippen LogP contribution in [0.1, 0.15) is 194 Å². The standard InChI is InChI=1S/C41H80NO7P/c1-3-5-7-9-11-13-15-17-19-21-23-25-27-29-31-33-36-46-38-40(39-48-50(44,45)47-37-35-42)49-41(43)34-32-30-28-26-24-22-20-18-16-14-12-10-8-6-4-2/h17-20,40H,3-16,21-39,42H2,1-2H3,(H,44,45)/b19-17+,20-18-/t40-/m1/s1. The highest BCUT2D eigenvalue weighted by atomic mass is 31.2. The molecule has 0 saturated heterocycles. The lowest BCUT2D eigenvalue weighted by Gasteiger charge is -2.20. The Bertz CT molecular complexity index is 823. The zero-order chi connectivity index (χ0) is 36.6. The van der Waals surface area contributed by atoms with E-state index in [2.05, 4.69) is 38.2 Å². The number of hydrogen-bond acceptors (Lipinski definition) is 7. The molecule has 0 aliphatic rings. The first kappa shape index (κ1) is 49.0. The van der Waals surface area contributed by atoms with Gasteiger partial charge in [-0.25, -0.2) is 4.57 Å². The molecule has 0 rings (SSSR count). The van der Waals surface area contributed by atoms with E-state index in [0.29, 0.717) is 13.0 Å². The van der Waals surface area contributed by atoms with Crippen LogP contribution in [0.3, 0.4) is 0 Å². The molecule has 0 aliphatic carbocycles. The molecule has 0 aromatic heterocycles. The van der Waals surface area contributed by atoms with Crippen molar-refractivity contribution >= 4 is 13.8 Å². The number of phosphoric acid groups is 1. The second-order valence-corrected chi connectivity index (χ2v) is 15.3. The van der Waals surface area contributed by atoms with Crippen molar-refractivity contribution in [2.75, 3.05) is 33.0 Å². The third-order valence-electron chi connectivity index (χ3n) is 8.84. The summed E-state index contributed by atoms with van der Waals surface area (Å²) in [6, 6.07) is 0. The molecule has 0 heterocycles. The molecule has 0 bridgehead atoms. The maximum Gasteiger partial charge on any atom is 0.472 e. The molecule has 0 saturated carbocycles. The molecule has 0 aliphatic heterocycles. The molecule has 0 fully saturated rings. The van der Waals surface area contributed by atoms with E-state index in [-0.39, 0.29) is 32.3 Å². The van der Waals surface area contributed by atoms with Gasteiger partial charge in [0.2, 0.25) is 0 Å². The summed E-state index contributed by atoms with van der Waals surface area (Å²) in [5.41, 5.74) is 5.36. The summed E-state index contributed by atoms with van der Waals surface area (Å²) in [5.74, 6) is -0.340. The predicted octanol–water partition coefficient (Wildman–Crippen LogP) is 12.1. The number of carbonyl (C=O) groups is 1. The van der Waals surface area contributed by atoms with Crippen LogP contribution in [-0.4, -0.2) is 49.9 Å². The van der Waals surface area contributed by atoms with Crippen molar-refractivity contribution in [1.82, 2.24) is 0 Å². The Hall–Kier alpha value is -1.02. The fraction of sp³-hybridized carbons (Fsp3) is 0.878. The molecule has 0 amide bonds. The number of hydrogen-bond donors (Lipinski definition) is 2. The van der Waals surface area contributed by atoms with Crippen LogP contribution in [0.2, 0.25) is 0 Å². The molecule has 0 spiro atoms. The van der Waals surface area contributed by atoms with E-state index >= 15 is 0 Å². The molecule has 1 unspecified atom stereocenters. The van der Waals surface area contributed by atoms with Crippen LogP contribution in [0.15, 0.2) is 24.3 Å². The molecule has 2 atom stereocenters. The lowest BCUT2D eigenvalue weighted by atomic mass is 10.1. The summed E-state index contributed by atoms with van der Waals surface area (Å²) in [5, 5.41) is 0. The number of allylic oxidation sites excluding steroid dienone is 4. The van der Waals surface area contributed by atoms with Gasteiger partial charge in [0, 0.05) is 19.6 Å². The second kappa shape index (κ2) is 39.2. The van der Waals surface area contributed by atoms with Crippen LogP contribution in [0.5, 0.6) is 0 Å². The first-order valence-electron chi connectivity index (χ1n) is 20.8. The monoisotopic (exact) mass is 730 g/mol. The third-order valence-corrected chi connectivity index (χ3v) is 9.83. The van der Waals surface area contributed by atoms with E-state index < -0.39 is 13.9 Å². The summed E-state index contributed by atoms with van der Waals surface area (Å²) >= 11 is 0. The van der Waals surface area contributed by atoms with Crippen molar-refractivity contribution in [2.45, 2.75) is 200 Å². The zero-order valence-corrected chi connectivity index (χ0v) is 33.5. The minimum Gasteiger partial charge on any atom is -0.457 e. The van der Waals surface area contributed by atoms with E-state index in [1.165, 1.54) is 128 Å². The Morgan fingerprint density at radius 3 is 1.46 bits per heavy atom. The van der Waals surface area contributed by atoms with Gasteiger partial charge in [0.1, 0.15) is 6.10 Å². The van der Waals surface area contributed by atoms with E-state index in [0.717, 1.165) is 44.9 Å². The van der Waals surface area contributed by atoms with Gasteiger partial charge in [-0.1, -0.05) is 147 Å². The Labute approximate surface area is 308 Å². The molecule has 9 heteroatoms. The van der Waals surface area contributed by atoms with Crippen molar-refractivity contribution in [3.63, 3.8) is 0 Å². The summed E-state index contributed by atoms with van der Waals surface area (Å²) in [7, 11) is -4.27. The minimum atomic E-state index is -4.27. The maximum atomic E-state index is 12.5. The van der Waals surface area contributed by atoms with Crippen LogP contribution < -0.4 is 5.73 Å². The highest BCUT2D eigenvalue weighted by Gasteiger charge is 2.25. The van der Waals surface area contributed by atoms with Gasteiger partial charge in [0.15, 0.2) is 0 Å². The average Bonchev–Trinajstić information content (AvgIpc) is 3.10. The SMILES string of the molecule is CCCCCCCC/C=C\CCCCCCCC(=O)O[C@H](COCCCCCCCC/C=C/CCCCCCCC)COP(=O)(O)OCCN. The molecule has 3 N–H and O–H groups in total. The summed E-state index contributed by atoms with van der Waals surface area (Å²) in [6.45, 7) is 4.90. The van der Waals surface area contributed by atoms with Gasteiger partial charge in [-0.15, -0.1) is 0 Å². The minimum absolute atomic E-state index is 0.0971. The Balaban J connectivity index is 4.06. The largest absolute Gasteiger partial charge is 0.472 e. The number of esters is 1. The van der Waals surface area contributed by atoms with Crippen LogP contribution >= 0.6 is 7.82 Å². The fourth-order valence-electron chi connectivity index (χ4n) is 5.75. The van der Waals surface area contributed by atoms with Crippen LogP contribution in [-0.2, 0) is 27.9 Å². The van der Waals surface area contributed by atoms with Crippen molar-refractivity contribution in [3.05, 3.63) is 24.3 Å². The molecule has 296 valence electrons. The molecule has 50 heavy (non-hydrogen) atoms. The van der Waals surface area contributed by atoms with E-state index in [4.69, 9.17) is 24.3 Å². The third kappa shape index (κ3) is 38.2. The van der Waals surface area contributed by atoms with E-state index in [1.807, 2.05) is 0 Å². The summed E-state index contributed by atoms with van der Waals surface area (Å²) in [6.07, 6.45) is 41.9. The molecule has 0 radical (unpaired) electrons. The Morgan fingerprint density at radius 1 is 0.580 bits per heavy atom. The van der Waals surface area contributed by atoms with Gasteiger partial charge in [-0.2, -0.15) is 0 Å². The van der Waals surface area contributed by atoms with Crippen LogP contribution in [0.4, 0.5) is 0 Å². The fourth-order valence-corrected chi connectivity index (χ4v) is 6.52. The van der Waals surface area contributed by atoms with Crippen molar-refractivity contribution < 1.29 is 32.8 Å². The highest BCUT2D eigenvalue weighted by Crippen LogP contribution is 2.43. The molecular weight excluding hydrogens is 649 g/mol. The summed E-state index contributed by atoms with van der Waals surface area (Å²) < 4.78 is 33.4. The topological polar surface area (TPSA) is 117 Å². The van der Waals surface area contributed by atoms with E-state index in [1.54, 1.807) is 0 Å². The lowest BCUT2D eigenvalue weighted by molar-refractivity contribution is -0.154. The van der Waals surface area contributed by atoms with E-state index in [9.17, 15) is 14.3 Å². The van der Waals surface area contributed by atoms with Crippen molar-refractivity contribution in [2.24, 2.45) is 5.73 Å². The quantitative estimate of drug-likeness (QED) is 0.0277. The van der Waals surface area contributed by atoms with Crippen molar-refractivity contribution in [3.8, 4) is 0 Å². The first-order valence-corrected chi connectivity index (χ1v) is 22.3. The normalized spacial score (nSPS) is 13.8. The number of phosphoric ester groups is 1. The smallest absolute Gasteiger partial charge is 0.457 e. The van der Waals surface area contributed by atoms with Crippen LogP contribution in [0, 0.1) is 0 Å². The average molecular weight is 730 g/mol. The number of unbranched alkanes of at least 4 members (excludes halogenated alkanes) is 23. The highest BCUT2D eigenvalue weighted by molar-refractivity contribution is 7.47. The van der Waals surface area contributed by atoms with Crippen LogP contribution in [0.25, 0.3) is 0 Å².